The third-order valence-electron chi connectivity index (χ3n) is 2.44. The number of allylic oxidation sites excluding steroid dienone is 1. The molecule has 14 heavy (non-hydrogen) atoms. The number of rotatable bonds is 3. The number of alkyl halides is 1. The summed E-state index contributed by atoms with van der Waals surface area (Å²) in [5.41, 5.74) is 2.11. The van der Waals surface area contributed by atoms with Gasteiger partial charge in [-0.25, -0.2) is 0 Å². The highest BCUT2D eigenvalue weighted by Crippen LogP contribution is 2.26. The maximum Gasteiger partial charge on any atom is 0.0962 e. The van der Waals surface area contributed by atoms with Gasteiger partial charge < -0.3 is 0 Å². The molecule has 0 unspecified atom stereocenters. The van der Waals surface area contributed by atoms with Crippen LogP contribution in [0, 0.1) is 0 Å². The van der Waals surface area contributed by atoms with Crippen LogP contribution >= 0.6 is 11.6 Å². The zero-order chi connectivity index (χ0) is 10.6. The van der Waals surface area contributed by atoms with Gasteiger partial charge >= 0.3 is 0 Å². The molecule has 1 aromatic rings. The van der Waals surface area contributed by atoms with Gasteiger partial charge in [-0.1, -0.05) is 54.7 Å². The minimum Gasteiger partial charge on any atom is -0.130 e. The van der Waals surface area contributed by atoms with E-state index in [1.165, 1.54) is 10.8 Å². The van der Waals surface area contributed by atoms with Crippen molar-refractivity contribution in [3.8, 4) is 0 Å². The maximum absolute atomic E-state index is 6.04. The Morgan fingerprint density at radius 1 is 1.29 bits per heavy atom. The quantitative estimate of drug-likeness (QED) is 0.536. The highest BCUT2D eigenvalue weighted by molar-refractivity contribution is 6.98. The van der Waals surface area contributed by atoms with E-state index in [1.54, 1.807) is 0 Å². The molecule has 0 aromatic heterocycles. The minimum absolute atomic E-state index is 0.779. The van der Waals surface area contributed by atoms with E-state index < -0.39 is 8.07 Å². The molecular weight excluding hydrogens is 208 g/mol. The molecule has 0 N–H and O–H groups in total. The molecule has 0 atom stereocenters. The lowest BCUT2D eigenvalue weighted by Crippen LogP contribution is -2.30. The Morgan fingerprint density at radius 2 is 1.86 bits per heavy atom. The summed E-state index contributed by atoms with van der Waals surface area (Å²) in [6, 6.07) is 10.5. The first-order valence-electron chi connectivity index (χ1n) is 4.90. The van der Waals surface area contributed by atoms with E-state index in [-0.39, 0.29) is 0 Å². The first kappa shape index (κ1) is 11.5. The molecule has 0 bridgehead atoms. The van der Waals surface area contributed by atoms with Crippen molar-refractivity contribution in [3.63, 3.8) is 0 Å². The summed E-state index contributed by atoms with van der Waals surface area (Å²) in [5, 5.41) is 1.45. The molecule has 0 saturated heterocycles. The molecule has 0 heterocycles. The molecule has 0 fully saturated rings. The van der Waals surface area contributed by atoms with Crippen LogP contribution in [0.4, 0.5) is 0 Å². The first-order valence-corrected chi connectivity index (χ1v) is 8.64. The molecule has 0 saturated carbocycles. The highest BCUT2D eigenvalue weighted by atomic mass is 35.5. The lowest BCUT2D eigenvalue weighted by atomic mass is 10.2. The molecule has 1 rings (SSSR count). The summed E-state index contributed by atoms with van der Waals surface area (Å²) in [5.74, 6) is 0. The molecule has 0 radical (unpaired) electrons. The van der Waals surface area contributed by atoms with Crippen LogP contribution in [0.5, 0.6) is 0 Å². The summed E-state index contributed by atoms with van der Waals surface area (Å²) in [4.78, 5) is 0. The molecule has 2 heteroatoms. The highest BCUT2D eigenvalue weighted by Gasteiger charge is 2.25. The van der Waals surface area contributed by atoms with Gasteiger partial charge in [0, 0.05) is 5.50 Å². The van der Waals surface area contributed by atoms with Crippen molar-refractivity contribution in [1.82, 2.24) is 0 Å². The fraction of sp³-hybridized carbons (Fsp3) is 0.333. The molecular formula is C12H17ClSi. The summed E-state index contributed by atoms with van der Waals surface area (Å²) in [7, 11) is -1.42. The summed E-state index contributed by atoms with van der Waals surface area (Å²) < 4.78 is 0. The third-order valence-corrected chi connectivity index (χ3v) is 7.14. The van der Waals surface area contributed by atoms with E-state index in [9.17, 15) is 0 Å². The minimum atomic E-state index is -1.42. The van der Waals surface area contributed by atoms with Gasteiger partial charge in [0.25, 0.3) is 0 Å². The van der Waals surface area contributed by atoms with Crippen molar-refractivity contribution in [3.05, 3.63) is 42.0 Å². The van der Waals surface area contributed by atoms with E-state index in [2.05, 4.69) is 50.4 Å². The normalized spacial score (nSPS) is 13.0. The van der Waals surface area contributed by atoms with Crippen LogP contribution in [0.1, 0.15) is 12.5 Å². The predicted molar refractivity (Wildman–Crippen MR) is 68.3 cm³/mol. The Kier molecular flexibility index (Phi) is 3.96. The van der Waals surface area contributed by atoms with Gasteiger partial charge in [0.15, 0.2) is 0 Å². The second kappa shape index (κ2) is 4.81. The lowest BCUT2D eigenvalue weighted by Gasteiger charge is -2.23. The van der Waals surface area contributed by atoms with Gasteiger partial charge in [-0.05, 0) is 12.5 Å². The Bertz CT molecular complexity index is 314. The van der Waals surface area contributed by atoms with Crippen molar-refractivity contribution < 1.29 is 0 Å². The Balaban J connectivity index is 3.07. The van der Waals surface area contributed by atoms with Gasteiger partial charge in [-0.3, -0.25) is 0 Å². The average molecular weight is 225 g/mol. The standard InChI is InChI=1S/C12H17ClSi/c1-4-12(14(2,3)10-13)11-8-6-5-7-9-11/h4-9H,10H2,1-3H3/b12-4+. The second-order valence-electron chi connectivity index (χ2n) is 4.09. The van der Waals surface area contributed by atoms with Crippen LogP contribution in [0.2, 0.25) is 13.1 Å². The molecule has 0 nitrogen and oxygen atoms in total. The number of hydrogen-bond donors (Lipinski definition) is 0. The van der Waals surface area contributed by atoms with E-state index in [0.29, 0.717) is 0 Å². The molecule has 1 aromatic carbocycles. The van der Waals surface area contributed by atoms with Crippen LogP contribution in [-0.4, -0.2) is 13.6 Å². The average Bonchev–Trinajstić information content (AvgIpc) is 2.20. The van der Waals surface area contributed by atoms with Crippen LogP contribution in [-0.2, 0) is 0 Å². The van der Waals surface area contributed by atoms with Gasteiger partial charge in [0.2, 0.25) is 0 Å². The number of halogens is 1. The second-order valence-corrected chi connectivity index (χ2v) is 9.46. The van der Waals surface area contributed by atoms with Crippen molar-refractivity contribution in [2.75, 3.05) is 5.50 Å². The van der Waals surface area contributed by atoms with Gasteiger partial charge in [0.1, 0.15) is 0 Å². The van der Waals surface area contributed by atoms with Gasteiger partial charge in [0.05, 0.1) is 8.07 Å². The van der Waals surface area contributed by atoms with Crippen LogP contribution in [0.3, 0.4) is 0 Å². The summed E-state index contributed by atoms with van der Waals surface area (Å²) >= 11 is 6.04. The Hall–Kier alpha value is -0.533. The van der Waals surface area contributed by atoms with Crippen LogP contribution in [0.15, 0.2) is 36.4 Å². The topological polar surface area (TPSA) is 0 Å². The smallest absolute Gasteiger partial charge is 0.0962 e. The molecule has 0 amide bonds. The van der Waals surface area contributed by atoms with Crippen molar-refractivity contribution in [2.45, 2.75) is 20.0 Å². The lowest BCUT2D eigenvalue weighted by molar-refractivity contribution is 1.58. The summed E-state index contributed by atoms with van der Waals surface area (Å²) in [6.45, 7) is 6.72. The zero-order valence-corrected chi connectivity index (χ0v) is 10.8. The molecule has 0 aliphatic rings. The Morgan fingerprint density at radius 3 is 2.29 bits per heavy atom. The fourth-order valence-electron chi connectivity index (χ4n) is 1.64. The van der Waals surface area contributed by atoms with Crippen molar-refractivity contribution >= 4 is 24.9 Å². The number of hydrogen-bond acceptors (Lipinski definition) is 0. The SMILES string of the molecule is C/C=C(\c1ccccc1)[Si](C)(C)CCl. The van der Waals surface area contributed by atoms with E-state index in [0.717, 1.165) is 5.50 Å². The summed E-state index contributed by atoms with van der Waals surface area (Å²) in [6.07, 6.45) is 2.21. The van der Waals surface area contributed by atoms with Gasteiger partial charge in [-0.2, -0.15) is 0 Å². The van der Waals surface area contributed by atoms with E-state index in [4.69, 9.17) is 11.6 Å². The van der Waals surface area contributed by atoms with Gasteiger partial charge in [-0.15, -0.1) is 11.6 Å². The first-order chi connectivity index (χ1) is 6.61. The van der Waals surface area contributed by atoms with E-state index >= 15 is 0 Å². The molecule has 0 aliphatic carbocycles. The molecule has 76 valence electrons. The van der Waals surface area contributed by atoms with Crippen LogP contribution < -0.4 is 0 Å². The third kappa shape index (κ3) is 2.49. The van der Waals surface area contributed by atoms with Crippen molar-refractivity contribution in [2.24, 2.45) is 0 Å². The number of benzene rings is 1. The zero-order valence-electron chi connectivity index (χ0n) is 9.05. The van der Waals surface area contributed by atoms with E-state index in [1.807, 2.05) is 6.07 Å². The largest absolute Gasteiger partial charge is 0.130 e. The predicted octanol–water partition coefficient (Wildman–Crippen LogP) is 4.12. The molecule has 0 aliphatic heterocycles. The van der Waals surface area contributed by atoms with Crippen LogP contribution in [0.25, 0.3) is 5.20 Å². The maximum atomic E-state index is 6.04. The molecule has 0 spiro atoms. The van der Waals surface area contributed by atoms with Crippen molar-refractivity contribution in [1.29, 1.82) is 0 Å². The Labute approximate surface area is 92.6 Å². The monoisotopic (exact) mass is 224 g/mol. The fourth-order valence-corrected chi connectivity index (χ4v) is 3.94.